The van der Waals surface area contributed by atoms with E-state index in [1.807, 2.05) is 0 Å². The summed E-state index contributed by atoms with van der Waals surface area (Å²) in [5.74, 6) is 0. The van der Waals surface area contributed by atoms with Crippen molar-refractivity contribution in [3.8, 4) is 0 Å². The number of unbranched alkanes of at least 4 members (excludes halogenated alkanes) is 4. The zero-order valence-corrected chi connectivity index (χ0v) is 19.6. The van der Waals surface area contributed by atoms with Crippen LogP contribution in [0.2, 0.25) is 17.7 Å². The molecular weight excluding hydrogens is 446 g/mol. The molecule has 0 amide bonds. The van der Waals surface area contributed by atoms with Crippen molar-refractivity contribution in [2.45, 2.75) is 96.8 Å². The minimum atomic E-state index is -0.839. The van der Waals surface area contributed by atoms with Crippen LogP contribution in [0.4, 0.5) is 0 Å². The van der Waals surface area contributed by atoms with Gasteiger partial charge in [-0.15, -0.1) is 0 Å². The number of rotatable bonds is 11. The summed E-state index contributed by atoms with van der Waals surface area (Å²) in [4.78, 5) is 0. The predicted molar refractivity (Wildman–Crippen MR) is 92.3 cm³/mol. The van der Waals surface area contributed by atoms with Crippen LogP contribution in [0.1, 0.15) is 79.1 Å². The zero-order chi connectivity index (χ0) is 14.1. The molecule has 19 heavy (non-hydrogen) atoms. The fraction of sp³-hybridized carbons (Fsp3) is 1.00. The molecule has 0 spiro atoms. The largest absolute Gasteiger partial charge is 0.870 e. The quantitative estimate of drug-likeness (QED) is 0.328. The molecule has 0 aliphatic heterocycles. The maximum absolute atomic E-state index is 2.33. The molecular formula is C16H37OSn2+3. The van der Waals surface area contributed by atoms with Gasteiger partial charge in [0.05, 0.1) is 0 Å². The molecule has 1 N–H and O–H groups in total. The molecule has 0 aromatic carbocycles. The van der Waals surface area contributed by atoms with E-state index in [2.05, 4.69) is 27.7 Å². The Hall–Kier alpha value is 1.56. The summed E-state index contributed by atoms with van der Waals surface area (Å²) in [7, 11) is 0. The van der Waals surface area contributed by atoms with Gasteiger partial charge in [0.15, 0.2) is 0 Å². The van der Waals surface area contributed by atoms with E-state index in [0.29, 0.717) is 0 Å². The van der Waals surface area contributed by atoms with Crippen LogP contribution in [-0.2, 0) is 0 Å². The van der Waals surface area contributed by atoms with E-state index < -0.39 is 19.8 Å². The van der Waals surface area contributed by atoms with Crippen molar-refractivity contribution in [2.75, 3.05) is 0 Å². The van der Waals surface area contributed by atoms with Crippen LogP contribution in [0.15, 0.2) is 0 Å². The number of hydrogen-bond acceptors (Lipinski definition) is 1. The molecule has 1 nitrogen and oxygen atoms in total. The Bertz CT molecular complexity index is 111. The molecule has 3 heteroatoms. The van der Waals surface area contributed by atoms with Gasteiger partial charge in [-0.05, 0) is 0 Å². The van der Waals surface area contributed by atoms with Crippen LogP contribution >= 0.6 is 0 Å². The minimum absolute atomic E-state index is 0. The molecule has 0 heterocycles. The van der Waals surface area contributed by atoms with Gasteiger partial charge in [0.2, 0.25) is 0 Å². The van der Waals surface area contributed by atoms with Crippen LogP contribution in [0, 0.1) is 0 Å². The molecule has 0 saturated heterocycles. The first kappa shape index (κ1) is 25.5. The fourth-order valence-corrected chi connectivity index (χ4v) is 12.3. The topological polar surface area (TPSA) is 30.0 Å². The van der Waals surface area contributed by atoms with E-state index >= 15 is 0 Å². The molecule has 0 aliphatic carbocycles. The molecule has 0 fully saturated rings. The Morgan fingerprint density at radius 2 is 0.947 bits per heavy atom. The van der Waals surface area contributed by atoms with Crippen LogP contribution in [0.3, 0.4) is 0 Å². The van der Waals surface area contributed by atoms with Crippen molar-refractivity contribution in [3.63, 3.8) is 0 Å². The average Bonchev–Trinajstić information content (AvgIpc) is 2.39. The average molecular weight is 483 g/mol. The van der Waals surface area contributed by atoms with Gasteiger partial charge in [0.1, 0.15) is 0 Å². The molecule has 0 rings (SSSR count). The summed E-state index contributed by atoms with van der Waals surface area (Å²) in [6.45, 7) is 9.23. The van der Waals surface area contributed by atoms with Crippen molar-refractivity contribution in [2.24, 2.45) is 0 Å². The van der Waals surface area contributed by atoms with Gasteiger partial charge in [-0.1, -0.05) is 0 Å². The van der Waals surface area contributed by atoms with Gasteiger partial charge >= 0.3 is 139 Å². The Balaban J connectivity index is -0.000000366. The van der Waals surface area contributed by atoms with E-state index in [1.165, 1.54) is 55.8 Å². The predicted octanol–water partition coefficient (Wildman–Crippen LogP) is 6.08. The molecule has 0 bridgehead atoms. The van der Waals surface area contributed by atoms with Gasteiger partial charge in [-0.25, -0.2) is 0 Å². The van der Waals surface area contributed by atoms with Crippen LogP contribution < -0.4 is 0 Å². The Labute approximate surface area is 143 Å². The monoisotopic (exact) mass is 485 g/mol. The van der Waals surface area contributed by atoms with E-state index in [4.69, 9.17) is 0 Å². The van der Waals surface area contributed by atoms with Crippen molar-refractivity contribution in [3.05, 3.63) is 0 Å². The van der Waals surface area contributed by atoms with Crippen molar-refractivity contribution < 1.29 is 5.48 Å². The third-order valence-corrected chi connectivity index (χ3v) is 13.3. The first-order valence-electron chi connectivity index (χ1n) is 8.24. The third-order valence-electron chi connectivity index (χ3n) is 3.18. The van der Waals surface area contributed by atoms with E-state index in [9.17, 15) is 0 Å². The van der Waals surface area contributed by atoms with Gasteiger partial charge in [-0.2, -0.15) is 0 Å². The van der Waals surface area contributed by atoms with E-state index in [1.54, 1.807) is 35.8 Å². The first-order valence-corrected chi connectivity index (χ1v) is 16.3. The molecule has 0 saturated carbocycles. The normalized spacial score (nSPS) is 9.37. The second-order valence-corrected chi connectivity index (χ2v) is 15.2. The maximum atomic E-state index is 2.33. The summed E-state index contributed by atoms with van der Waals surface area (Å²) < 4.78 is 6.47. The molecule has 0 aromatic heterocycles. The third kappa shape index (κ3) is 24.9. The summed E-state index contributed by atoms with van der Waals surface area (Å²) in [5.41, 5.74) is 0. The van der Waals surface area contributed by atoms with Gasteiger partial charge in [0.25, 0.3) is 0 Å². The molecule has 0 aliphatic rings. The molecule has 0 radical (unpaired) electrons. The van der Waals surface area contributed by atoms with Crippen LogP contribution in [0.5, 0.6) is 0 Å². The summed E-state index contributed by atoms with van der Waals surface area (Å²) >= 11 is 0.846. The Kier molecular flexibility index (Phi) is 33.0. The zero-order valence-electron chi connectivity index (χ0n) is 13.9. The minimum Gasteiger partial charge on any atom is -0.870 e. The number of hydrogen-bond donors (Lipinski definition) is 0. The van der Waals surface area contributed by atoms with Crippen LogP contribution in [0.25, 0.3) is 0 Å². The van der Waals surface area contributed by atoms with Crippen molar-refractivity contribution in [1.29, 1.82) is 0 Å². The smallest absolute Gasteiger partial charge is 0.870 e. The molecule has 112 valence electrons. The van der Waals surface area contributed by atoms with Gasteiger partial charge in [-0.3, -0.25) is 0 Å². The second-order valence-electron chi connectivity index (χ2n) is 5.16. The van der Waals surface area contributed by atoms with E-state index in [-0.39, 0.29) is 5.48 Å². The van der Waals surface area contributed by atoms with Crippen LogP contribution in [-0.4, -0.2) is 47.8 Å². The molecule has 0 aromatic rings. The Morgan fingerprint density at radius 1 is 0.632 bits per heavy atom. The SMILES string of the molecule is CCC[CH2][Sn+3].CCC[CH2][Sn+]([CH2]CCC)[CH2]CCC.[OH-]. The fourth-order valence-electron chi connectivity index (χ4n) is 1.83. The standard InChI is InChI=1S/4C4H9.H2O.2Sn/c4*1-3-4-2;;;/h4*1,3-4H2,2H3;1H2;;/q;;;;;+1;+3/p-1. The van der Waals surface area contributed by atoms with Gasteiger partial charge < -0.3 is 5.48 Å². The Morgan fingerprint density at radius 3 is 1.11 bits per heavy atom. The molecule has 0 atom stereocenters. The molecule has 0 unspecified atom stereocenters. The maximum Gasteiger partial charge on any atom is -0.870 e. The summed E-state index contributed by atoms with van der Waals surface area (Å²) in [6, 6.07) is 0. The second kappa shape index (κ2) is 24.6. The van der Waals surface area contributed by atoms with Crippen molar-refractivity contribution in [1.82, 2.24) is 0 Å². The first-order chi connectivity index (χ1) is 8.76. The van der Waals surface area contributed by atoms with Crippen molar-refractivity contribution >= 4 is 42.3 Å². The summed E-state index contributed by atoms with van der Waals surface area (Å²) in [5, 5.41) is 0. The van der Waals surface area contributed by atoms with Gasteiger partial charge in [0, 0.05) is 0 Å². The van der Waals surface area contributed by atoms with E-state index in [0.717, 1.165) is 0 Å². The summed E-state index contributed by atoms with van der Waals surface area (Å²) in [6.07, 6.45) is 11.6.